The highest BCUT2D eigenvalue weighted by Gasteiger charge is 2.35. The van der Waals surface area contributed by atoms with Gasteiger partial charge in [0.1, 0.15) is 6.29 Å². The minimum atomic E-state index is -0.346. The largest absolute Gasteiger partial charge is 0.380 e. The topological polar surface area (TPSA) is 39.2 Å². The van der Waals surface area contributed by atoms with Crippen LogP contribution in [0.25, 0.3) is 0 Å². The van der Waals surface area contributed by atoms with Gasteiger partial charge in [-0.3, -0.25) is 4.98 Å². The molecule has 0 radical (unpaired) electrons. The van der Waals surface area contributed by atoms with Crippen molar-refractivity contribution in [2.24, 2.45) is 5.41 Å². The molecule has 1 saturated heterocycles. The number of pyridine rings is 1. The minimum Gasteiger partial charge on any atom is -0.380 e. The van der Waals surface area contributed by atoms with Gasteiger partial charge in [-0.15, -0.1) is 0 Å². The van der Waals surface area contributed by atoms with Crippen molar-refractivity contribution >= 4 is 22.2 Å². The van der Waals surface area contributed by atoms with Crippen LogP contribution < -0.4 is 0 Å². The van der Waals surface area contributed by atoms with Crippen LogP contribution in [0, 0.1) is 5.41 Å². The maximum atomic E-state index is 11.1. The summed E-state index contributed by atoms with van der Waals surface area (Å²) in [4.78, 5) is 15.4. The fourth-order valence-electron chi connectivity index (χ4n) is 1.77. The molecular formula is C11H12BrNO2. The summed E-state index contributed by atoms with van der Waals surface area (Å²) >= 11 is 3.33. The van der Waals surface area contributed by atoms with E-state index in [1.54, 1.807) is 6.20 Å². The van der Waals surface area contributed by atoms with Gasteiger partial charge in [-0.2, -0.15) is 0 Å². The van der Waals surface area contributed by atoms with E-state index in [1.165, 1.54) is 0 Å². The highest BCUT2D eigenvalue weighted by molar-refractivity contribution is 9.10. The second-order valence-corrected chi connectivity index (χ2v) is 4.84. The molecule has 2 rings (SSSR count). The Morgan fingerprint density at radius 2 is 2.47 bits per heavy atom. The lowest BCUT2D eigenvalue weighted by molar-refractivity contribution is -0.116. The Morgan fingerprint density at radius 3 is 3.00 bits per heavy atom. The predicted octanol–water partition coefficient (Wildman–Crippen LogP) is 1.99. The van der Waals surface area contributed by atoms with E-state index in [0.717, 1.165) is 22.9 Å². The van der Waals surface area contributed by atoms with Gasteiger partial charge >= 0.3 is 0 Å². The predicted molar refractivity (Wildman–Crippen MR) is 59.6 cm³/mol. The van der Waals surface area contributed by atoms with Crippen molar-refractivity contribution in [3.63, 3.8) is 0 Å². The molecule has 1 aliphatic rings. The second-order valence-electron chi connectivity index (χ2n) is 3.93. The summed E-state index contributed by atoms with van der Waals surface area (Å²) in [6.45, 7) is 1.20. The first-order valence-corrected chi connectivity index (χ1v) is 5.68. The maximum absolute atomic E-state index is 11.1. The van der Waals surface area contributed by atoms with Crippen molar-refractivity contribution in [2.45, 2.75) is 12.8 Å². The van der Waals surface area contributed by atoms with E-state index in [-0.39, 0.29) is 5.41 Å². The zero-order chi connectivity index (χ0) is 10.7. The van der Waals surface area contributed by atoms with Crippen molar-refractivity contribution in [3.05, 3.63) is 28.5 Å². The number of carbonyl (C=O) groups excluding carboxylic acids is 1. The SMILES string of the molecule is O=CC1(Cc2ccc(Br)cn2)CCOC1. The first kappa shape index (κ1) is 10.8. The van der Waals surface area contributed by atoms with Gasteiger partial charge in [-0.25, -0.2) is 0 Å². The third-order valence-electron chi connectivity index (χ3n) is 2.71. The lowest BCUT2D eigenvalue weighted by Gasteiger charge is -2.18. The standard InChI is InChI=1S/C11H12BrNO2/c12-9-1-2-10(13-6-9)5-11(7-14)3-4-15-8-11/h1-2,6-7H,3-5,8H2. The Kier molecular flexibility index (Phi) is 3.17. The second kappa shape index (κ2) is 4.41. The summed E-state index contributed by atoms with van der Waals surface area (Å²) < 4.78 is 6.23. The number of hydrogen-bond donors (Lipinski definition) is 0. The molecule has 0 aromatic carbocycles. The highest BCUT2D eigenvalue weighted by Crippen LogP contribution is 2.29. The number of rotatable bonds is 3. The summed E-state index contributed by atoms with van der Waals surface area (Å²) in [5.41, 5.74) is 0.594. The first-order valence-electron chi connectivity index (χ1n) is 4.89. The molecule has 0 aliphatic carbocycles. The molecule has 0 N–H and O–H groups in total. The minimum absolute atomic E-state index is 0.346. The van der Waals surface area contributed by atoms with Gasteiger partial charge in [0.25, 0.3) is 0 Å². The Bertz CT molecular complexity index is 344. The number of hydrogen-bond acceptors (Lipinski definition) is 3. The Labute approximate surface area is 97.0 Å². The molecular weight excluding hydrogens is 258 g/mol. The quantitative estimate of drug-likeness (QED) is 0.788. The smallest absolute Gasteiger partial charge is 0.128 e. The van der Waals surface area contributed by atoms with Gasteiger partial charge in [-0.05, 0) is 34.5 Å². The lowest BCUT2D eigenvalue weighted by atomic mass is 9.84. The average Bonchev–Trinajstić information content (AvgIpc) is 2.71. The Hall–Kier alpha value is -0.740. The van der Waals surface area contributed by atoms with Crippen LogP contribution in [0.4, 0.5) is 0 Å². The van der Waals surface area contributed by atoms with E-state index in [9.17, 15) is 4.79 Å². The normalized spacial score (nSPS) is 25.4. The molecule has 1 aliphatic heterocycles. The zero-order valence-electron chi connectivity index (χ0n) is 8.28. The van der Waals surface area contributed by atoms with Crippen molar-refractivity contribution < 1.29 is 9.53 Å². The molecule has 0 amide bonds. The Balaban J connectivity index is 2.12. The number of ether oxygens (including phenoxy) is 1. The van der Waals surface area contributed by atoms with Crippen molar-refractivity contribution in [1.82, 2.24) is 4.98 Å². The summed E-state index contributed by atoms with van der Waals surface area (Å²) in [6, 6.07) is 3.88. The summed E-state index contributed by atoms with van der Waals surface area (Å²) in [6.07, 6.45) is 4.24. The van der Waals surface area contributed by atoms with Crippen molar-refractivity contribution in [2.75, 3.05) is 13.2 Å². The highest BCUT2D eigenvalue weighted by atomic mass is 79.9. The fraction of sp³-hybridized carbons (Fsp3) is 0.455. The van der Waals surface area contributed by atoms with E-state index in [4.69, 9.17) is 4.74 Å². The van der Waals surface area contributed by atoms with Crippen LogP contribution in [0.15, 0.2) is 22.8 Å². The number of carbonyl (C=O) groups is 1. The van der Waals surface area contributed by atoms with Crippen molar-refractivity contribution in [3.8, 4) is 0 Å². The van der Waals surface area contributed by atoms with Gasteiger partial charge in [0, 0.05) is 29.4 Å². The van der Waals surface area contributed by atoms with Crippen LogP contribution in [0.2, 0.25) is 0 Å². The molecule has 15 heavy (non-hydrogen) atoms. The average molecular weight is 270 g/mol. The van der Waals surface area contributed by atoms with Crippen LogP contribution in [0.5, 0.6) is 0 Å². The van der Waals surface area contributed by atoms with E-state index in [2.05, 4.69) is 20.9 Å². The first-order chi connectivity index (χ1) is 7.24. The summed E-state index contributed by atoms with van der Waals surface area (Å²) in [7, 11) is 0. The van der Waals surface area contributed by atoms with Crippen LogP contribution >= 0.6 is 15.9 Å². The number of halogens is 1. The van der Waals surface area contributed by atoms with E-state index in [1.807, 2.05) is 12.1 Å². The molecule has 3 nitrogen and oxygen atoms in total. The van der Waals surface area contributed by atoms with E-state index >= 15 is 0 Å². The fourth-order valence-corrected chi connectivity index (χ4v) is 2.00. The molecule has 1 aromatic rings. The van der Waals surface area contributed by atoms with Crippen LogP contribution in [-0.2, 0) is 16.0 Å². The molecule has 0 saturated carbocycles. The van der Waals surface area contributed by atoms with Crippen LogP contribution in [0.3, 0.4) is 0 Å². The van der Waals surface area contributed by atoms with E-state index in [0.29, 0.717) is 19.6 Å². The van der Waals surface area contributed by atoms with Crippen LogP contribution in [0.1, 0.15) is 12.1 Å². The summed E-state index contributed by atoms with van der Waals surface area (Å²) in [5, 5.41) is 0. The third-order valence-corrected chi connectivity index (χ3v) is 3.17. The number of aromatic nitrogens is 1. The van der Waals surface area contributed by atoms with E-state index < -0.39 is 0 Å². The molecule has 1 atom stereocenters. The van der Waals surface area contributed by atoms with Crippen molar-refractivity contribution in [1.29, 1.82) is 0 Å². The maximum Gasteiger partial charge on any atom is 0.128 e. The molecule has 1 aromatic heterocycles. The molecule has 80 valence electrons. The molecule has 0 bridgehead atoms. The molecule has 1 unspecified atom stereocenters. The lowest BCUT2D eigenvalue weighted by Crippen LogP contribution is -2.26. The summed E-state index contributed by atoms with van der Waals surface area (Å²) in [5.74, 6) is 0. The van der Waals surface area contributed by atoms with Gasteiger partial charge in [0.05, 0.1) is 12.0 Å². The van der Waals surface area contributed by atoms with Gasteiger partial charge < -0.3 is 9.53 Å². The van der Waals surface area contributed by atoms with Gasteiger partial charge in [0.2, 0.25) is 0 Å². The molecule has 0 spiro atoms. The van der Waals surface area contributed by atoms with Gasteiger partial charge in [0.15, 0.2) is 0 Å². The van der Waals surface area contributed by atoms with Gasteiger partial charge in [-0.1, -0.05) is 0 Å². The monoisotopic (exact) mass is 269 g/mol. The van der Waals surface area contributed by atoms with Crippen LogP contribution in [-0.4, -0.2) is 24.5 Å². The molecule has 2 heterocycles. The molecule has 4 heteroatoms. The molecule has 1 fully saturated rings. The number of aldehydes is 1. The third kappa shape index (κ3) is 2.44. The number of nitrogens with zero attached hydrogens (tertiary/aromatic N) is 1. The zero-order valence-corrected chi connectivity index (χ0v) is 9.87. The Morgan fingerprint density at radius 1 is 1.60 bits per heavy atom.